The molecule has 31 heavy (non-hydrogen) atoms. The molecule has 0 atom stereocenters. The number of anilines is 2. The Kier molecular flexibility index (Phi) is 7.63. The number of nitro benzene ring substituents is 1. The fourth-order valence-corrected chi connectivity index (χ4v) is 3.72. The first kappa shape index (κ1) is 24.2. The smallest absolute Gasteiger partial charge is 0.333 e. The van der Waals surface area contributed by atoms with Gasteiger partial charge in [0.25, 0.3) is 5.69 Å². The summed E-state index contributed by atoms with van der Waals surface area (Å²) >= 11 is 5.75. The van der Waals surface area contributed by atoms with Gasteiger partial charge in [0.2, 0.25) is 5.91 Å². The lowest BCUT2D eigenvalue weighted by Gasteiger charge is -2.22. The van der Waals surface area contributed by atoms with Gasteiger partial charge in [-0.15, -0.1) is 14.1 Å². The third-order valence-corrected chi connectivity index (χ3v) is 5.46. The van der Waals surface area contributed by atoms with Gasteiger partial charge in [-0.2, -0.15) is 8.42 Å². The highest BCUT2D eigenvalue weighted by Gasteiger charge is 2.25. The molecule has 0 saturated heterocycles. The predicted octanol–water partition coefficient (Wildman–Crippen LogP) is 5.13. The Morgan fingerprint density at radius 1 is 1.19 bits per heavy atom. The minimum absolute atomic E-state index is 0.193. The van der Waals surface area contributed by atoms with Crippen molar-refractivity contribution in [1.29, 1.82) is 0 Å². The van der Waals surface area contributed by atoms with Gasteiger partial charge in [-0.25, -0.2) is 0 Å². The van der Waals surface area contributed by atoms with Crippen molar-refractivity contribution in [3.8, 4) is 0 Å². The van der Waals surface area contributed by atoms with Crippen molar-refractivity contribution in [2.75, 3.05) is 23.3 Å². The highest BCUT2D eigenvalue weighted by molar-refractivity contribution is 7.86. The van der Waals surface area contributed by atoms with E-state index in [0.717, 1.165) is 24.8 Å². The van der Waals surface area contributed by atoms with E-state index in [-0.39, 0.29) is 17.3 Å². The SMILES string of the molecule is CCN(CC)c1ccc(N=Nc2cc(Cl)c(S(=O)(=O)F)cc2[N+](=O)[O-])c(NC(C)=O)c1. The molecule has 0 aromatic heterocycles. The molecule has 0 saturated carbocycles. The summed E-state index contributed by atoms with van der Waals surface area (Å²) in [5, 5.41) is 21.1. The molecule has 10 nitrogen and oxygen atoms in total. The quantitative estimate of drug-likeness (QED) is 0.245. The summed E-state index contributed by atoms with van der Waals surface area (Å²) in [5.74, 6) is -0.361. The fourth-order valence-electron chi connectivity index (χ4n) is 2.74. The number of rotatable bonds is 8. The average Bonchev–Trinajstić information content (AvgIpc) is 2.66. The van der Waals surface area contributed by atoms with Crippen LogP contribution in [0.4, 0.5) is 32.3 Å². The van der Waals surface area contributed by atoms with Crippen molar-refractivity contribution in [1.82, 2.24) is 0 Å². The van der Waals surface area contributed by atoms with Crippen LogP contribution in [-0.2, 0) is 15.0 Å². The molecule has 0 unspecified atom stereocenters. The van der Waals surface area contributed by atoms with Crippen LogP contribution in [0.2, 0.25) is 5.02 Å². The molecule has 0 aliphatic rings. The van der Waals surface area contributed by atoms with Gasteiger partial charge in [-0.3, -0.25) is 14.9 Å². The zero-order chi connectivity index (χ0) is 23.3. The maximum atomic E-state index is 13.3. The van der Waals surface area contributed by atoms with Crippen molar-refractivity contribution >= 4 is 56.2 Å². The zero-order valence-corrected chi connectivity index (χ0v) is 18.4. The number of carbonyl (C=O) groups is 1. The van der Waals surface area contributed by atoms with E-state index < -0.39 is 30.8 Å². The Labute approximate surface area is 183 Å². The van der Waals surface area contributed by atoms with Crippen LogP contribution in [0.15, 0.2) is 45.5 Å². The number of carbonyl (C=O) groups excluding carboxylic acids is 1. The monoisotopic (exact) mass is 471 g/mol. The molecule has 1 amide bonds. The molecule has 2 aromatic rings. The number of hydrogen-bond donors (Lipinski definition) is 1. The number of amides is 1. The first-order valence-electron chi connectivity index (χ1n) is 8.98. The third-order valence-electron chi connectivity index (χ3n) is 4.17. The van der Waals surface area contributed by atoms with Gasteiger partial charge in [0.1, 0.15) is 10.6 Å². The van der Waals surface area contributed by atoms with E-state index in [1.54, 1.807) is 18.2 Å². The number of benzene rings is 2. The van der Waals surface area contributed by atoms with Gasteiger partial charge < -0.3 is 10.2 Å². The zero-order valence-electron chi connectivity index (χ0n) is 16.8. The Morgan fingerprint density at radius 3 is 2.32 bits per heavy atom. The normalized spacial score (nSPS) is 11.5. The Bertz CT molecular complexity index is 1150. The molecule has 0 spiro atoms. The number of halogens is 2. The van der Waals surface area contributed by atoms with Crippen LogP contribution in [0.1, 0.15) is 20.8 Å². The van der Waals surface area contributed by atoms with E-state index in [1.807, 2.05) is 18.7 Å². The Balaban J connectivity index is 2.57. The first-order valence-corrected chi connectivity index (χ1v) is 10.7. The lowest BCUT2D eigenvalue weighted by atomic mass is 10.2. The molecule has 0 fully saturated rings. The summed E-state index contributed by atoms with van der Waals surface area (Å²) in [6.45, 7) is 6.71. The first-order chi connectivity index (χ1) is 14.5. The van der Waals surface area contributed by atoms with Crippen molar-refractivity contribution in [2.24, 2.45) is 10.2 Å². The molecule has 1 N–H and O–H groups in total. The predicted molar refractivity (Wildman–Crippen MR) is 115 cm³/mol. The summed E-state index contributed by atoms with van der Waals surface area (Å²) in [6.07, 6.45) is 0. The number of azo groups is 1. The summed E-state index contributed by atoms with van der Waals surface area (Å²) in [7, 11) is -5.27. The van der Waals surface area contributed by atoms with Crippen LogP contribution in [-0.4, -0.2) is 32.3 Å². The van der Waals surface area contributed by atoms with Crippen molar-refractivity contribution in [3.63, 3.8) is 0 Å². The van der Waals surface area contributed by atoms with Gasteiger partial charge in [-0.1, -0.05) is 11.6 Å². The molecular weight excluding hydrogens is 453 g/mol. The standard InChI is InChI=1S/C18H19ClFN5O5S/c1-4-24(5-2)12-6-7-14(15(8-12)21-11(3)26)22-23-16-9-13(19)18(31(20,29)30)10-17(16)25(27)28/h6-10H,4-5H2,1-3H3,(H,21,26). The van der Waals surface area contributed by atoms with Crippen molar-refractivity contribution in [2.45, 2.75) is 25.7 Å². The summed E-state index contributed by atoms with van der Waals surface area (Å²) < 4.78 is 35.6. The van der Waals surface area contributed by atoms with Crippen LogP contribution >= 0.6 is 11.6 Å². The summed E-state index contributed by atoms with van der Waals surface area (Å²) in [5.41, 5.74) is 0.143. The van der Waals surface area contributed by atoms with Crippen molar-refractivity contribution < 1.29 is 22.0 Å². The number of nitrogens with zero attached hydrogens (tertiary/aromatic N) is 4. The molecule has 0 aliphatic carbocycles. The van der Waals surface area contributed by atoms with Gasteiger partial charge in [-0.05, 0) is 38.1 Å². The molecule has 2 rings (SSSR count). The van der Waals surface area contributed by atoms with Crippen LogP contribution in [0.25, 0.3) is 0 Å². The lowest BCUT2D eigenvalue weighted by molar-refractivity contribution is -0.384. The molecule has 166 valence electrons. The highest BCUT2D eigenvalue weighted by atomic mass is 35.5. The van der Waals surface area contributed by atoms with Crippen LogP contribution in [0.5, 0.6) is 0 Å². The van der Waals surface area contributed by atoms with Crippen LogP contribution in [0.3, 0.4) is 0 Å². The second-order valence-electron chi connectivity index (χ2n) is 6.22. The molecular formula is C18H19ClFN5O5S. The van der Waals surface area contributed by atoms with E-state index in [4.69, 9.17) is 11.6 Å². The van der Waals surface area contributed by atoms with Gasteiger partial charge in [0.05, 0.1) is 15.6 Å². The summed E-state index contributed by atoms with van der Waals surface area (Å²) in [4.78, 5) is 22.9. The average molecular weight is 472 g/mol. The van der Waals surface area contributed by atoms with Gasteiger partial charge >= 0.3 is 10.2 Å². The molecule has 2 aromatic carbocycles. The van der Waals surface area contributed by atoms with Gasteiger partial charge in [0, 0.05) is 31.8 Å². The molecule has 0 radical (unpaired) electrons. The third kappa shape index (κ3) is 5.95. The fraction of sp³-hybridized carbons (Fsp3) is 0.278. The number of nitro groups is 1. The molecule has 0 bridgehead atoms. The van der Waals surface area contributed by atoms with Gasteiger partial charge in [0.15, 0.2) is 5.69 Å². The second-order valence-corrected chi connectivity index (χ2v) is 7.94. The Hall–Kier alpha value is -3.12. The van der Waals surface area contributed by atoms with Crippen LogP contribution in [0, 0.1) is 10.1 Å². The summed E-state index contributed by atoms with van der Waals surface area (Å²) in [6, 6.07) is 6.30. The van der Waals surface area contributed by atoms with E-state index in [1.165, 1.54) is 6.92 Å². The lowest BCUT2D eigenvalue weighted by Crippen LogP contribution is -2.21. The topological polar surface area (TPSA) is 134 Å². The van der Waals surface area contributed by atoms with E-state index in [0.29, 0.717) is 11.8 Å². The van der Waals surface area contributed by atoms with E-state index >= 15 is 0 Å². The number of nitrogens with one attached hydrogen (secondary N) is 1. The molecule has 0 heterocycles. The minimum Gasteiger partial charge on any atom is -0.372 e. The second kappa shape index (κ2) is 9.79. The molecule has 13 heteroatoms. The maximum Gasteiger partial charge on any atom is 0.333 e. The van der Waals surface area contributed by atoms with Crippen LogP contribution < -0.4 is 10.2 Å². The van der Waals surface area contributed by atoms with E-state index in [9.17, 15) is 27.2 Å². The maximum absolute atomic E-state index is 13.3. The van der Waals surface area contributed by atoms with Crippen molar-refractivity contribution in [3.05, 3.63) is 45.5 Å². The highest BCUT2D eigenvalue weighted by Crippen LogP contribution is 2.38. The van der Waals surface area contributed by atoms with E-state index in [2.05, 4.69) is 15.5 Å². The number of hydrogen-bond acceptors (Lipinski definition) is 8. The Morgan fingerprint density at radius 2 is 1.81 bits per heavy atom. The minimum atomic E-state index is -5.27. The molecule has 0 aliphatic heterocycles. The largest absolute Gasteiger partial charge is 0.372 e.